The molecule has 3 amide bonds. The first kappa shape index (κ1) is 33.3. The highest BCUT2D eigenvalue weighted by atomic mass is 32.2. The number of H-pyrrole nitrogens is 1. The van der Waals surface area contributed by atoms with E-state index < -0.39 is 59.6 Å². The molecule has 0 radical (unpaired) electrons. The number of nitrogens with two attached hydrogens (primary N) is 2. The Hall–Kier alpha value is -4.20. The number of likely N-dealkylation sites (N-methyl/N-ethyl adjacent to an activating group) is 1. The minimum Gasteiger partial charge on any atom is -0.481 e. The summed E-state index contributed by atoms with van der Waals surface area (Å²) in [5.74, 6) is -4.53. The SMILES string of the molecule is CN[C@@H](CCSC)C(=O)N[C@@H](CC(=O)O)C(=O)[C@@](Cc1ccccc1)(NC(=O)[C@@H](N)Cc1c[nH]c2ccccc12)C(N)=O. The molecule has 13 heteroatoms. The number of Topliss-reactive ketones (excluding diaryl/α,β-unsaturated/α-hetero) is 1. The van der Waals surface area contributed by atoms with E-state index in [2.05, 4.69) is 20.9 Å². The lowest BCUT2D eigenvalue weighted by atomic mass is 9.81. The molecule has 2 aromatic carbocycles. The number of thioether (sulfide) groups is 1. The molecule has 43 heavy (non-hydrogen) atoms. The first-order valence-corrected chi connectivity index (χ1v) is 15.1. The maximum atomic E-state index is 14.2. The first-order chi connectivity index (χ1) is 20.5. The topological polar surface area (TPSA) is 210 Å². The Labute approximate surface area is 253 Å². The molecular formula is C30H38N6O6S. The number of rotatable bonds is 17. The number of carboxylic acid groups (broad SMARTS) is 1. The van der Waals surface area contributed by atoms with Crippen molar-refractivity contribution in [1.29, 1.82) is 0 Å². The summed E-state index contributed by atoms with van der Waals surface area (Å²) in [6.45, 7) is 0. The van der Waals surface area contributed by atoms with Crippen LogP contribution in [-0.4, -0.2) is 82.3 Å². The molecule has 1 aromatic heterocycles. The van der Waals surface area contributed by atoms with Gasteiger partial charge in [-0.1, -0.05) is 48.5 Å². The summed E-state index contributed by atoms with van der Waals surface area (Å²) in [5.41, 5.74) is 11.8. The maximum Gasteiger partial charge on any atom is 0.305 e. The molecule has 0 bridgehead atoms. The van der Waals surface area contributed by atoms with Crippen molar-refractivity contribution in [3.05, 3.63) is 71.9 Å². The Morgan fingerprint density at radius 2 is 1.67 bits per heavy atom. The quantitative estimate of drug-likeness (QED) is 0.106. The number of carboxylic acids is 1. The Balaban J connectivity index is 1.97. The average molecular weight is 611 g/mol. The van der Waals surface area contributed by atoms with Crippen LogP contribution in [0.5, 0.6) is 0 Å². The largest absolute Gasteiger partial charge is 0.481 e. The van der Waals surface area contributed by atoms with Crippen molar-refractivity contribution >= 4 is 52.1 Å². The number of fused-ring (bicyclic) bond motifs is 1. The molecule has 3 rings (SSSR count). The van der Waals surface area contributed by atoms with Gasteiger partial charge in [0.05, 0.1) is 18.5 Å². The third-order valence-corrected chi connectivity index (χ3v) is 7.87. The van der Waals surface area contributed by atoms with Crippen LogP contribution in [0.25, 0.3) is 10.9 Å². The average Bonchev–Trinajstić information content (AvgIpc) is 3.39. The fraction of sp³-hybridized carbons (Fsp3) is 0.367. The van der Waals surface area contributed by atoms with E-state index in [9.17, 15) is 29.1 Å². The van der Waals surface area contributed by atoms with E-state index in [0.717, 1.165) is 16.5 Å². The zero-order chi connectivity index (χ0) is 31.6. The van der Waals surface area contributed by atoms with Crippen LogP contribution in [0.15, 0.2) is 60.8 Å². The monoisotopic (exact) mass is 610 g/mol. The molecule has 4 atom stereocenters. The van der Waals surface area contributed by atoms with E-state index >= 15 is 0 Å². The number of hydrogen-bond donors (Lipinski definition) is 7. The van der Waals surface area contributed by atoms with Crippen LogP contribution >= 0.6 is 11.8 Å². The number of aromatic nitrogens is 1. The summed E-state index contributed by atoms with van der Waals surface area (Å²) in [7, 11) is 1.57. The number of carbonyl (C=O) groups excluding carboxylic acids is 4. The molecule has 9 N–H and O–H groups in total. The van der Waals surface area contributed by atoms with Gasteiger partial charge in [0.2, 0.25) is 11.8 Å². The molecule has 3 aromatic rings. The van der Waals surface area contributed by atoms with Crippen LogP contribution in [0, 0.1) is 0 Å². The number of para-hydroxylation sites is 1. The van der Waals surface area contributed by atoms with Crippen LogP contribution in [0.1, 0.15) is 24.0 Å². The Kier molecular flexibility index (Phi) is 11.9. The summed E-state index contributed by atoms with van der Waals surface area (Å²) < 4.78 is 0. The Morgan fingerprint density at radius 1 is 1.00 bits per heavy atom. The number of carbonyl (C=O) groups is 5. The van der Waals surface area contributed by atoms with Crippen LogP contribution < -0.4 is 27.4 Å². The van der Waals surface area contributed by atoms with Gasteiger partial charge in [-0.2, -0.15) is 11.8 Å². The van der Waals surface area contributed by atoms with Crippen LogP contribution in [0.2, 0.25) is 0 Å². The summed E-state index contributed by atoms with van der Waals surface area (Å²) in [6, 6.07) is 12.2. The van der Waals surface area contributed by atoms with Gasteiger partial charge in [0.1, 0.15) is 6.04 Å². The molecular weight excluding hydrogens is 572 g/mol. The van der Waals surface area contributed by atoms with E-state index in [1.165, 1.54) is 11.8 Å². The molecule has 0 unspecified atom stereocenters. The van der Waals surface area contributed by atoms with Crippen LogP contribution in [0.4, 0.5) is 0 Å². The maximum absolute atomic E-state index is 14.2. The van der Waals surface area contributed by atoms with Gasteiger partial charge in [-0.15, -0.1) is 0 Å². The second kappa shape index (κ2) is 15.3. The number of hydrogen-bond acceptors (Lipinski definition) is 8. The lowest BCUT2D eigenvalue weighted by Gasteiger charge is -2.34. The summed E-state index contributed by atoms with van der Waals surface area (Å²) in [6.07, 6.45) is 2.84. The van der Waals surface area contributed by atoms with Crippen molar-refractivity contribution in [2.45, 2.75) is 49.3 Å². The number of nitrogens with one attached hydrogen (secondary N) is 4. The van der Waals surface area contributed by atoms with Gasteiger partial charge in [-0.3, -0.25) is 24.0 Å². The van der Waals surface area contributed by atoms with Crippen molar-refractivity contribution in [1.82, 2.24) is 20.9 Å². The standard InChI is InChI=1S/C30H38N6O6S/c1-33-23(12-13-43-2)28(41)35-24(15-25(37)38)26(39)30(29(32)42,16-18-8-4-3-5-9-18)36-27(40)21(31)14-19-17-34-22-11-7-6-10-20(19)22/h3-11,17,21,23-24,33-34H,12-16,31H2,1-2H3,(H2,32,42)(H,35,41)(H,36,40)(H,37,38)/t21-,23-,24-,30+/m0/s1. The van der Waals surface area contributed by atoms with Gasteiger partial charge in [-0.05, 0) is 49.1 Å². The van der Waals surface area contributed by atoms with Crippen molar-refractivity contribution in [2.75, 3.05) is 19.1 Å². The fourth-order valence-electron chi connectivity index (χ4n) is 4.89. The highest BCUT2D eigenvalue weighted by Crippen LogP contribution is 2.22. The lowest BCUT2D eigenvalue weighted by molar-refractivity contribution is -0.146. The van der Waals surface area contributed by atoms with Crippen molar-refractivity contribution in [3.8, 4) is 0 Å². The highest BCUT2D eigenvalue weighted by molar-refractivity contribution is 7.98. The molecule has 0 aliphatic heterocycles. The Morgan fingerprint density at radius 3 is 2.30 bits per heavy atom. The predicted molar refractivity (Wildman–Crippen MR) is 165 cm³/mol. The number of aliphatic carboxylic acids is 1. The molecule has 0 saturated heterocycles. The van der Waals surface area contributed by atoms with E-state index in [1.54, 1.807) is 43.6 Å². The molecule has 0 saturated carbocycles. The molecule has 0 aliphatic rings. The third-order valence-electron chi connectivity index (χ3n) is 7.23. The smallest absolute Gasteiger partial charge is 0.305 e. The molecule has 12 nitrogen and oxygen atoms in total. The summed E-state index contributed by atoms with van der Waals surface area (Å²) in [5, 5.41) is 18.3. The van der Waals surface area contributed by atoms with E-state index in [4.69, 9.17) is 11.5 Å². The highest BCUT2D eigenvalue weighted by Gasteiger charge is 2.50. The zero-order valence-corrected chi connectivity index (χ0v) is 24.9. The van der Waals surface area contributed by atoms with E-state index in [-0.39, 0.29) is 12.8 Å². The number of primary amides is 1. The van der Waals surface area contributed by atoms with Gasteiger partial charge in [0.25, 0.3) is 5.91 Å². The Bertz CT molecular complexity index is 1450. The second-order valence-electron chi connectivity index (χ2n) is 10.2. The number of amides is 3. The number of ketones is 1. The first-order valence-electron chi connectivity index (χ1n) is 13.7. The molecule has 0 spiro atoms. The molecule has 230 valence electrons. The lowest BCUT2D eigenvalue weighted by Crippen LogP contribution is -2.70. The van der Waals surface area contributed by atoms with Gasteiger partial charge < -0.3 is 37.5 Å². The van der Waals surface area contributed by atoms with Crippen molar-refractivity contribution in [2.24, 2.45) is 11.5 Å². The summed E-state index contributed by atoms with van der Waals surface area (Å²) >= 11 is 1.52. The molecule has 0 fully saturated rings. The van der Waals surface area contributed by atoms with Gasteiger partial charge in [0, 0.05) is 23.5 Å². The van der Waals surface area contributed by atoms with Crippen molar-refractivity contribution in [3.63, 3.8) is 0 Å². The van der Waals surface area contributed by atoms with Crippen LogP contribution in [0.3, 0.4) is 0 Å². The minimum absolute atomic E-state index is 0.0683. The van der Waals surface area contributed by atoms with Crippen LogP contribution in [-0.2, 0) is 36.8 Å². The molecule has 0 aliphatic carbocycles. The second-order valence-corrected chi connectivity index (χ2v) is 11.2. The van der Waals surface area contributed by atoms with Gasteiger partial charge in [0.15, 0.2) is 11.3 Å². The van der Waals surface area contributed by atoms with E-state index in [1.807, 2.05) is 30.5 Å². The zero-order valence-electron chi connectivity index (χ0n) is 24.1. The van der Waals surface area contributed by atoms with Gasteiger partial charge in [-0.25, -0.2) is 0 Å². The van der Waals surface area contributed by atoms with Crippen molar-refractivity contribution < 1.29 is 29.1 Å². The van der Waals surface area contributed by atoms with E-state index in [0.29, 0.717) is 17.7 Å². The normalized spacial score (nSPS) is 14.7. The minimum atomic E-state index is -2.42. The predicted octanol–water partition coefficient (Wildman–Crippen LogP) is 0.490. The van der Waals surface area contributed by atoms with Gasteiger partial charge >= 0.3 is 5.97 Å². The fourth-order valence-corrected chi connectivity index (χ4v) is 5.37. The number of benzene rings is 2. The molecule has 1 heterocycles. The summed E-state index contributed by atoms with van der Waals surface area (Å²) in [4.78, 5) is 69.0. The third kappa shape index (κ3) is 8.43. The number of aromatic amines is 1.